The summed E-state index contributed by atoms with van der Waals surface area (Å²) < 4.78 is 1.56. The summed E-state index contributed by atoms with van der Waals surface area (Å²) in [5.41, 5.74) is 1.34. The van der Waals surface area contributed by atoms with Gasteiger partial charge in [-0.05, 0) is 0 Å². The standard InChI is InChI=1S/C12H13NTe.Li/c1-13(2)10-7-3-5-9-6-4-8-11(14)12(9)10;/h3-8,14H,1-2H3;/q;+1/p-1. The number of anilines is 1. The van der Waals surface area contributed by atoms with Crippen LogP contribution in [-0.2, 0) is 0 Å². The fourth-order valence-electron chi connectivity index (χ4n) is 1.83. The van der Waals surface area contributed by atoms with Crippen LogP contribution in [0.3, 0.4) is 0 Å². The van der Waals surface area contributed by atoms with Crippen LogP contribution < -0.4 is 8.51 Å². The van der Waals surface area contributed by atoms with Crippen molar-refractivity contribution in [2.75, 3.05) is 19.0 Å². The first-order valence-corrected chi connectivity index (χ1v) is 8.46. The molecule has 3 heteroatoms. The van der Waals surface area contributed by atoms with Crippen molar-refractivity contribution in [1.82, 2.24) is 0 Å². The predicted octanol–water partition coefficient (Wildman–Crippen LogP) is 1.32. The van der Waals surface area contributed by atoms with E-state index in [0.29, 0.717) is 0 Å². The summed E-state index contributed by atoms with van der Waals surface area (Å²) in [5.74, 6) is 0. The van der Waals surface area contributed by atoms with E-state index in [2.05, 4.69) is 69.7 Å². The van der Waals surface area contributed by atoms with Crippen LogP contribution >= 0.6 is 0 Å². The van der Waals surface area contributed by atoms with Crippen molar-refractivity contribution in [1.29, 1.82) is 0 Å². The van der Waals surface area contributed by atoms with Crippen molar-refractivity contribution in [3.8, 4) is 0 Å². The summed E-state index contributed by atoms with van der Waals surface area (Å²) in [4.78, 5) is 2.20. The number of hydrogen-bond donors (Lipinski definition) is 0. The zero-order valence-corrected chi connectivity index (χ0v) is 11.6. The summed E-state index contributed by atoms with van der Waals surface area (Å²) >= 11 is 2.31. The fourth-order valence-corrected chi connectivity index (χ4v) is 3.66. The molecule has 2 aromatic rings. The van der Waals surface area contributed by atoms with Gasteiger partial charge in [0.25, 0.3) is 0 Å². The van der Waals surface area contributed by atoms with Crippen LogP contribution in [0.4, 0.5) is 5.69 Å². The molecule has 0 unspecified atom stereocenters. The number of rotatable bonds is 2. The summed E-state index contributed by atoms with van der Waals surface area (Å²) in [6.45, 7) is 0. The van der Waals surface area contributed by atoms with E-state index in [-0.39, 0.29) is 18.3 Å². The van der Waals surface area contributed by atoms with E-state index in [9.17, 15) is 0 Å². The molecule has 1 nitrogen and oxygen atoms in total. The monoisotopic (exact) mass is 307 g/mol. The van der Waals surface area contributed by atoms with E-state index in [4.69, 9.17) is 0 Å². The molecule has 0 heterocycles. The van der Waals surface area contributed by atoms with Gasteiger partial charge in [0.2, 0.25) is 0 Å². The molecular weight excluding hydrogens is 293 g/mol. The third kappa shape index (κ3) is 2.20. The van der Waals surface area contributed by atoms with Crippen LogP contribution in [0.15, 0.2) is 36.4 Å². The fraction of sp³-hybridized carbons (Fsp3) is 0.167. The first-order valence-electron chi connectivity index (χ1n) is 4.97. The molecule has 0 bridgehead atoms. The Morgan fingerprint density at radius 2 is 1.73 bits per heavy atom. The maximum atomic E-state index is 2.34. The summed E-state index contributed by atoms with van der Waals surface area (Å²) in [6, 6.07) is 13.2. The summed E-state index contributed by atoms with van der Waals surface area (Å²) in [7, 11) is 4.23. The van der Waals surface area contributed by atoms with Crippen molar-refractivity contribution >= 4 is 52.7 Å². The van der Waals surface area contributed by atoms with Crippen molar-refractivity contribution in [2.45, 2.75) is 0 Å². The van der Waals surface area contributed by atoms with Crippen molar-refractivity contribution < 1.29 is 0 Å². The van der Waals surface area contributed by atoms with Gasteiger partial charge in [-0.1, -0.05) is 0 Å². The number of benzene rings is 2. The molecule has 15 heavy (non-hydrogen) atoms. The van der Waals surface area contributed by atoms with Gasteiger partial charge in [0.15, 0.2) is 0 Å². The van der Waals surface area contributed by atoms with Gasteiger partial charge in [0.05, 0.1) is 0 Å². The summed E-state index contributed by atoms with van der Waals surface area (Å²) in [5, 5.41) is 2.82. The van der Waals surface area contributed by atoms with Gasteiger partial charge in [0.1, 0.15) is 0 Å². The molecule has 2 rings (SSSR count). The third-order valence-electron chi connectivity index (χ3n) is 2.55. The molecule has 0 aliphatic rings. The van der Waals surface area contributed by atoms with Crippen LogP contribution in [0.2, 0.25) is 0 Å². The van der Waals surface area contributed by atoms with Gasteiger partial charge in [-0.15, -0.1) is 0 Å². The van der Waals surface area contributed by atoms with E-state index in [1.54, 1.807) is 3.61 Å². The van der Waals surface area contributed by atoms with Gasteiger partial charge >= 0.3 is 108 Å². The topological polar surface area (TPSA) is 3.24 Å². The van der Waals surface area contributed by atoms with E-state index in [0.717, 1.165) is 0 Å². The number of hydrogen-bond acceptors (Lipinski definition) is 1. The van der Waals surface area contributed by atoms with Crippen LogP contribution in [0.25, 0.3) is 10.8 Å². The molecule has 0 N–H and O–H groups in total. The Morgan fingerprint density at radius 3 is 2.33 bits per heavy atom. The number of fused-ring (bicyclic) bond motifs is 1. The third-order valence-corrected chi connectivity index (χ3v) is 4.77. The minimum absolute atomic E-state index is 0.0341. The van der Waals surface area contributed by atoms with Crippen LogP contribution in [0.1, 0.15) is 0 Å². The average molecular weight is 305 g/mol. The van der Waals surface area contributed by atoms with E-state index >= 15 is 0 Å². The molecule has 0 atom stereocenters. The number of nitrogens with zero attached hydrogens (tertiary/aromatic N) is 1. The molecule has 0 aliphatic heterocycles. The van der Waals surface area contributed by atoms with Gasteiger partial charge in [-0.2, -0.15) is 0 Å². The molecule has 0 radical (unpaired) electrons. The summed E-state index contributed by atoms with van der Waals surface area (Å²) in [6.07, 6.45) is 0. The van der Waals surface area contributed by atoms with Crippen molar-refractivity contribution in [3.63, 3.8) is 0 Å². The van der Waals surface area contributed by atoms with Gasteiger partial charge in [-0.3, -0.25) is 0 Å². The molecule has 2 aromatic carbocycles. The van der Waals surface area contributed by atoms with Gasteiger partial charge < -0.3 is 0 Å². The second-order valence-electron chi connectivity index (χ2n) is 3.73. The first kappa shape index (κ1) is 11.4. The average Bonchev–Trinajstić information content (AvgIpc) is 2.27. The second-order valence-corrected chi connectivity index (χ2v) is 6.15. The van der Waals surface area contributed by atoms with E-state index in [1.807, 2.05) is 0 Å². The van der Waals surface area contributed by atoms with E-state index in [1.165, 1.54) is 16.5 Å². The minimum atomic E-state index is -0.0341. The van der Waals surface area contributed by atoms with Crippen LogP contribution in [0, 0.1) is 0 Å². The molecule has 0 amide bonds. The Morgan fingerprint density at radius 1 is 1.07 bits per heavy atom. The quantitative estimate of drug-likeness (QED) is 0.757. The Bertz CT molecular complexity index is 477. The SMILES string of the molecule is [Li][Te]c1cccc2cccc(N(C)C)c12. The molecular formula is C12H12LiNTe. The zero-order chi connectivity index (χ0) is 10.8. The normalized spacial score (nSPS) is 10.7. The molecule has 0 saturated carbocycles. The Balaban J connectivity index is 2.81. The zero-order valence-electron chi connectivity index (χ0n) is 9.32. The van der Waals surface area contributed by atoms with Crippen molar-refractivity contribution in [3.05, 3.63) is 36.4 Å². The molecule has 0 aliphatic carbocycles. The van der Waals surface area contributed by atoms with E-state index < -0.39 is 0 Å². The van der Waals surface area contributed by atoms with Crippen LogP contribution in [-0.4, -0.2) is 46.7 Å². The predicted molar refractivity (Wildman–Crippen MR) is 69.4 cm³/mol. The first-order chi connectivity index (χ1) is 7.24. The maximum absolute atomic E-state index is 2.34. The Hall–Kier alpha value is -0.113. The Labute approximate surface area is 107 Å². The molecule has 0 aromatic heterocycles. The molecule has 72 valence electrons. The molecule has 0 fully saturated rings. The molecule has 0 saturated heterocycles. The van der Waals surface area contributed by atoms with Gasteiger partial charge in [0, 0.05) is 0 Å². The van der Waals surface area contributed by atoms with Crippen molar-refractivity contribution in [2.24, 2.45) is 0 Å². The van der Waals surface area contributed by atoms with Gasteiger partial charge in [-0.25, -0.2) is 0 Å². The second kappa shape index (κ2) is 4.81. The van der Waals surface area contributed by atoms with Crippen LogP contribution in [0.5, 0.6) is 0 Å². The Kier molecular flexibility index (Phi) is 3.65. The molecule has 0 spiro atoms.